The van der Waals surface area contributed by atoms with E-state index < -0.39 is 36.1 Å². The van der Waals surface area contributed by atoms with Crippen molar-refractivity contribution in [2.75, 3.05) is 6.61 Å². The normalized spacial score (nSPS) is 29.0. The first-order chi connectivity index (χ1) is 11.9. The van der Waals surface area contributed by atoms with Gasteiger partial charge in [0.25, 0.3) is 0 Å². The summed E-state index contributed by atoms with van der Waals surface area (Å²) in [5.74, 6) is -1.42. The lowest BCUT2D eigenvalue weighted by Crippen LogP contribution is -2.65. The Bertz CT molecular complexity index is 505. The van der Waals surface area contributed by atoms with E-state index in [2.05, 4.69) is 15.3 Å². The first kappa shape index (κ1) is 21.2. The van der Waals surface area contributed by atoms with Crippen LogP contribution in [0.2, 0.25) is 0 Å². The number of amides is 1. The summed E-state index contributed by atoms with van der Waals surface area (Å²) in [6, 6.07) is -1.84. The summed E-state index contributed by atoms with van der Waals surface area (Å²) in [7, 11) is 0. The molecule has 1 aliphatic carbocycles. The van der Waals surface area contributed by atoms with Crippen LogP contribution in [-0.2, 0) is 19.1 Å². The minimum atomic E-state index is -0.790. The van der Waals surface area contributed by atoms with Crippen LogP contribution in [0, 0.1) is 5.92 Å². The number of carbonyl (C=O) groups excluding carboxylic acids is 2. The molecule has 0 aromatic carbocycles. The summed E-state index contributed by atoms with van der Waals surface area (Å²) in [4.78, 5) is 26.8. The van der Waals surface area contributed by atoms with E-state index in [1.807, 2.05) is 13.8 Å². The number of carbonyl (C=O) groups is 2. The summed E-state index contributed by atoms with van der Waals surface area (Å²) in [6.45, 7) is 7.29. The Balaban J connectivity index is 3.22. The van der Waals surface area contributed by atoms with Crippen molar-refractivity contribution in [3.63, 3.8) is 0 Å². The third kappa shape index (κ3) is 5.59. The van der Waals surface area contributed by atoms with Gasteiger partial charge in [-0.1, -0.05) is 19.0 Å². The zero-order valence-corrected chi connectivity index (χ0v) is 15.3. The smallest absolute Gasteiger partial charge is 0.309 e. The Labute approximate surface area is 148 Å². The van der Waals surface area contributed by atoms with E-state index in [1.165, 1.54) is 6.92 Å². The van der Waals surface area contributed by atoms with Crippen LogP contribution in [-0.4, -0.2) is 48.8 Å². The molecule has 9 nitrogen and oxygen atoms in total. The van der Waals surface area contributed by atoms with E-state index in [-0.39, 0.29) is 25.0 Å². The number of ether oxygens (including phenoxy) is 2. The standard InChI is InChI=1S/C16H29N5O4/c1-5-10(6-2)25-15-13(20-21-18)11(16(23)24-7-3)8-12(17)14(15)19-9(4)22/h10-15H,5-8,17H2,1-4H3,(H,19,22)/t11?,12-,13?,14?,15+/m0/s1. The molecule has 1 aliphatic rings. The van der Waals surface area contributed by atoms with Gasteiger partial charge in [-0.3, -0.25) is 9.59 Å². The first-order valence-electron chi connectivity index (χ1n) is 8.78. The topological polar surface area (TPSA) is 139 Å². The Morgan fingerprint density at radius 1 is 1.36 bits per heavy atom. The van der Waals surface area contributed by atoms with Gasteiger partial charge in [-0.25, -0.2) is 0 Å². The molecular weight excluding hydrogens is 326 g/mol. The summed E-state index contributed by atoms with van der Waals surface area (Å²) < 4.78 is 11.2. The average Bonchev–Trinajstić information content (AvgIpc) is 2.57. The molecule has 0 aromatic rings. The van der Waals surface area contributed by atoms with E-state index >= 15 is 0 Å². The zero-order chi connectivity index (χ0) is 19.0. The van der Waals surface area contributed by atoms with Crippen LogP contribution in [0.4, 0.5) is 0 Å². The van der Waals surface area contributed by atoms with Crippen molar-refractivity contribution in [3.05, 3.63) is 10.4 Å². The summed E-state index contributed by atoms with van der Waals surface area (Å²) in [6.07, 6.45) is 0.967. The summed E-state index contributed by atoms with van der Waals surface area (Å²) in [5, 5.41) is 6.60. The summed E-state index contributed by atoms with van der Waals surface area (Å²) >= 11 is 0. The fraction of sp³-hybridized carbons (Fsp3) is 0.875. The number of hydrogen-bond donors (Lipinski definition) is 2. The van der Waals surface area contributed by atoms with Crippen molar-refractivity contribution in [2.45, 2.75) is 77.3 Å². The number of rotatable bonds is 8. The molecule has 0 aliphatic heterocycles. The first-order valence-corrected chi connectivity index (χ1v) is 8.78. The highest BCUT2D eigenvalue weighted by Crippen LogP contribution is 2.32. The van der Waals surface area contributed by atoms with Crippen LogP contribution in [0.1, 0.15) is 47.0 Å². The molecule has 0 radical (unpaired) electrons. The van der Waals surface area contributed by atoms with E-state index in [4.69, 9.17) is 20.7 Å². The van der Waals surface area contributed by atoms with E-state index in [0.717, 1.165) is 12.8 Å². The van der Waals surface area contributed by atoms with Crippen LogP contribution in [0.25, 0.3) is 10.4 Å². The third-order valence-electron chi connectivity index (χ3n) is 4.49. The van der Waals surface area contributed by atoms with Crippen molar-refractivity contribution in [2.24, 2.45) is 16.8 Å². The van der Waals surface area contributed by atoms with Gasteiger partial charge in [0.05, 0.1) is 36.8 Å². The van der Waals surface area contributed by atoms with E-state index in [0.29, 0.717) is 0 Å². The Hall–Kier alpha value is -1.83. The lowest BCUT2D eigenvalue weighted by molar-refractivity contribution is -0.155. The number of hydrogen-bond acceptors (Lipinski definition) is 6. The van der Waals surface area contributed by atoms with E-state index in [1.54, 1.807) is 6.92 Å². The van der Waals surface area contributed by atoms with Crippen molar-refractivity contribution in [3.8, 4) is 0 Å². The summed E-state index contributed by atoms with van der Waals surface area (Å²) in [5.41, 5.74) is 15.2. The second kappa shape index (κ2) is 10.2. The minimum Gasteiger partial charge on any atom is -0.466 e. The molecular formula is C16H29N5O4. The molecule has 142 valence electrons. The average molecular weight is 355 g/mol. The zero-order valence-electron chi connectivity index (χ0n) is 15.3. The number of azide groups is 1. The molecule has 0 spiro atoms. The van der Waals surface area contributed by atoms with Gasteiger partial charge in [0, 0.05) is 17.9 Å². The monoisotopic (exact) mass is 355 g/mol. The maximum absolute atomic E-state index is 12.3. The number of nitrogens with one attached hydrogen (secondary N) is 1. The Morgan fingerprint density at radius 2 is 2.00 bits per heavy atom. The van der Waals surface area contributed by atoms with Gasteiger partial charge in [-0.2, -0.15) is 0 Å². The van der Waals surface area contributed by atoms with Crippen LogP contribution < -0.4 is 11.1 Å². The lowest BCUT2D eigenvalue weighted by atomic mass is 9.76. The van der Waals surface area contributed by atoms with Gasteiger partial charge in [-0.15, -0.1) is 0 Å². The van der Waals surface area contributed by atoms with Gasteiger partial charge in [0.2, 0.25) is 5.91 Å². The van der Waals surface area contributed by atoms with Crippen molar-refractivity contribution < 1.29 is 19.1 Å². The molecule has 1 rings (SSSR count). The molecule has 25 heavy (non-hydrogen) atoms. The van der Waals surface area contributed by atoms with E-state index in [9.17, 15) is 9.59 Å². The fourth-order valence-corrected chi connectivity index (χ4v) is 3.25. The molecule has 3 N–H and O–H groups in total. The van der Waals surface area contributed by atoms with Gasteiger partial charge >= 0.3 is 5.97 Å². The molecule has 1 saturated carbocycles. The quantitative estimate of drug-likeness (QED) is 0.295. The second-order valence-electron chi connectivity index (χ2n) is 6.22. The maximum atomic E-state index is 12.3. The van der Waals surface area contributed by atoms with Crippen LogP contribution in [0.5, 0.6) is 0 Å². The fourth-order valence-electron chi connectivity index (χ4n) is 3.25. The lowest BCUT2D eigenvalue weighted by Gasteiger charge is -2.44. The molecule has 9 heteroatoms. The van der Waals surface area contributed by atoms with Gasteiger partial charge in [0.1, 0.15) is 0 Å². The van der Waals surface area contributed by atoms with Crippen molar-refractivity contribution in [1.29, 1.82) is 0 Å². The third-order valence-corrected chi connectivity index (χ3v) is 4.49. The predicted molar refractivity (Wildman–Crippen MR) is 92.5 cm³/mol. The van der Waals surface area contributed by atoms with Gasteiger partial charge in [0.15, 0.2) is 0 Å². The van der Waals surface area contributed by atoms with Crippen molar-refractivity contribution >= 4 is 11.9 Å². The highest BCUT2D eigenvalue weighted by molar-refractivity contribution is 5.75. The molecule has 0 heterocycles. The second-order valence-corrected chi connectivity index (χ2v) is 6.22. The number of esters is 1. The molecule has 0 aromatic heterocycles. The van der Waals surface area contributed by atoms with Crippen LogP contribution >= 0.6 is 0 Å². The maximum Gasteiger partial charge on any atom is 0.309 e. The molecule has 3 unspecified atom stereocenters. The minimum absolute atomic E-state index is 0.0919. The molecule has 1 amide bonds. The van der Waals surface area contributed by atoms with Gasteiger partial charge < -0.3 is 20.5 Å². The molecule has 1 fully saturated rings. The predicted octanol–water partition coefficient (Wildman–Crippen LogP) is 1.65. The van der Waals surface area contributed by atoms with Crippen LogP contribution in [0.3, 0.4) is 0 Å². The SMILES string of the molecule is CCOC(=O)C1C[C@H](N)C(NC(C)=O)[C@H](OC(CC)CC)C1N=[N+]=[N-]. The number of nitrogens with zero attached hydrogens (tertiary/aromatic N) is 3. The molecule has 5 atom stereocenters. The van der Waals surface area contributed by atoms with Crippen LogP contribution in [0.15, 0.2) is 5.11 Å². The Morgan fingerprint density at radius 3 is 2.48 bits per heavy atom. The Kier molecular flexibility index (Phi) is 8.68. The van der Waals surface area contributed by atoms with Crippen molar-refractivity contribution in [1.82, 2.24) is 5.32 Å². The number of nitrogens with two attached hydrogens (primary N) is 1. The molecule has 0 saturated heterocycles. The largest absolute Gasteiger partial charge is 0.466 e. The molecule has 0 bridgehead atoms. The highest BCUT2D eigenvalue weighted by atomic mass is 16.5. The highest BCUT2D eigenvalue weighted by Gasteiger charge is 2.48. The van der Waals surface area contributed by atoms with Gasteiger partial charge in [-0.05, 0) is 31.7 Å².